The molecule has 1 aromatic heterocycles. The van der Waals surface area contributed by atoms with Gasteiger partial charge in [0.25, 0.3) is 0 Å². The van der Waals surface area contributed by atoms with Crippen LogP contribution >= 0.6 is 11.3 Å². The summed E-state index contributed by atoms with van der Waals surface area (Å²) in [6.45, 7) is 4.46. The first kappa shape index (κ1) is 26.4. The number of nitrogens with zero attached hydrogens (tertiary/aromatic N) is 1. The van der Waals surface area contributed by atoms with E-state index in [0.29, 0.717) is 35.0 Å². The second kappa shape index (κ2) is 10.8. The highest BCUT2D eigenvalue weighted by Crippen LogP contribution is 2.51. The number of hydrogen-bond donors (Lipinski definition) is 2. The highest BCUT2D eigenvalue weighted by Gasteiger charge is 2.50. The van der Waals surface area contributed by atoms with Crippen LogP contribution in [-0.4, -0.2) is 61.9 Å². The zero-order valence-corrected chi connectivity index (χ0v) is 22.5. The second-order valence-corrected chi connectivity index (χ2v) is 11.0. The molecule has 0 unspecified atom stereocenters. The average Bonchev–Trinajstić information content (AvgIpc) is 3.15. The number of nitrogens with one attached hydrogen (secondary N) is 1. The molecule has 2 N–H and O–H groups in total. The molecule has 1 saturated carbocycles. The second-order valence-electron chi connectivity index (χ2n) is 9.76. The van der Waals surface area contributed by atoms with Gasteiger partial charge in [0.05, 0.1) is 39.0 Å². The Morgan fingerprint density at radius 1 is 1.17 bits per heavy atom. The SMILES string of the molecule is COC(=O)c1c(NC(=O)CN2CC[C@]3(O)CCCC[C@@H]3[C@H]2c2cc(OC)ccc2OC)sc(C)c1C. The van der Waals surface area contributed by atoms with Crippen LogP contribution in [0.3, 0.4) is 0 Å². The van der Waals surface area contributed by atoms with Gasteiger partial charge in [0.1, 0.15) is 16.5 Å². The number of carbonyl (C=O) groups excluding carboxylic acids is 2. The molecule has 1 aliphatic heterocycles. The normalized spacial score (nSPS) is 24.1. The number of methoxy groups -OCH3 is 3. The first-order valence-electron chi connectivity index (χ1n) is 12.4. The van der Waals surface area contributed by atoms with Gasteiger partial charge in [-0.3, -0.25) is 9.69 Å². The van der Waals surface area contributed by atoms with Crippen LogP contribution in [0, 0.1) is 19.8 Å². The summed E-state index contributed by atoms with van der Waals surface area (Å²) >= 11 is 1.37. The molecule has 196 valence electrons. The van der Waals surface area contributed by atoms with E-state index in [-0.39, 0.29) is 24.4 Å². The van der Waals surface area contributed by atoms with Crippen LogP contribution in [-0.2, 0) is 9.53 Å². The molecule has 8 nitrogen and oxygen atoms in total. The predicted molar refractivity (Wildman–Crippen MR) is 139 cm³/mol. The van der Waals surface area contributed by atoms with E-state index in [1.807, 2.05) is 32.0 Å². The summed E-state index contributed by atoms with van der Waals surface area (Å²) < 4.78 is 16.2. The molecule has 9 heteroatoms. The molecule has 3 atom stereocenters. The lowest BCUT2D eigenvalue weighted by atomic mass is 9.66. The minimum atomic E-state index is -0.774. The fourth-order valence-corrected chi connectivity index (χ4v) is 6.88. The lowest BCUT2D eigenvalue weighted by molar-refractivity contribution is -0.135. The number of anilines is 1. The lowest BCUT2D eigenvalue weighted by Gasteiger charge is -2.52. The first-order chi connectivity index (χ1) is 17.2. The number of esters is 1. The molecule has 2 aliphatic rings. The molecule has 0 radical (unpaired) electrons. The third-order valence-electron chi connectivity index (χ3n) is 7.80. The van der Waals surface area contributed by atoms with Crippen molar-refractivity contribution in [2.75, 3.05) is 39.7 Å². The summed E-state index contributed by atoms with van der Waals surface area (Å²) in [5, 5.41) is 15.1. The van der Waals surface area contributed by atoms with Gasteiger partial charge in [-0.05, 0) is 56.9 Å². The maximum Gasteiger partial charge on any atom is 0.341 e. The lowest BCUT2D eigenvalue weighted by Crippen LogP contribution is -2.56. The van der Waals surface area contributed by atoms with Crippen molar-refractivity contribution in [2.45, 2.75) is 57.6 Å². The number of benzene rings is 1. The van der Waals surface area contributed by atoms with Crippen molar-refractivity contribution >= 4 is 28.2 Å². The van der Waals surface area contributed by atoms with Crippen molar-refractivity contribution in [2.24, 2.45) is 5.92 Å². The number of aryl methyl sites for hydroxylation is 1. The van der Waals surface area contributed by atoms with E-state index in [1.165, 1.54) is 18.4 Å². The standard InChI is InChI=1S/C27H36N2O6S/c1-16-17(2)36-25(23(16)26(31)35-5)28-22(30)15-29-13-12-27(32)11-7-6-8-20(27)24(29)19-14-18(33-3)9-10-21(19)34-4/h9-10,14,20,24,32H,6-8,11-13,15H2,1-5H3,(H,28,30)/t20-,24-,27-/m1/s1. The number of rotatable bonds is 7. The quantitative estimate of drug-likeness (QED) is 0.524. The third kappa shape index (κ3) is 4.96. The first-order valence-corrected chi connectivity index (χ1v) is 13.2. The van der Waals surface area contributed by atoms with Gasteiger partial charge in [0, 0.05) is 28.9 Å². The molecule has 2 fully saturated rings. The number of likely N-dealkylation sites (tertiary alicyclic amines) is 1. The van der Waals surface area contributed by atoms with E-state index in [4.69, 9.17) is 14.2 Å². The van der Waals surface area contributed by atoms with Crippen molar-refractivity contribution in [1.29, 1.82) is 0 Å². The number of piperidine rings is 1. The van der Waals surface area contributed by atoms with Crippen LogP contribution in [0.5, 0.6) is 11.5 Å². The number of hydrogen-bond acceptors (Lipinski definition) is 8. The number of thiophene rings is 1. The Morgan fingerprint density at radius 2 is 1.94 bits per heavy atom. The van der Waals surface area contributed by atoms with Gasteiger partial charge in [-0.25, -0.2) is 4.79 Å². The Labute approximate surface area is 216 Å². The van der Waals surface area contributed by atoms with Crippen molar-refractivity contribution < 1.29 is 28.9 Å². The van der Waals surface area contributed by atoms with Gasteiger partial charge in [0.15, 0.2) is 0 Å². The van der Waals surface area contributed by atoms with E-state index in [0.717, 1.165) is 41.7 Å². The monoisotopic (exact) mass is 516 g/mol. The van der Waals surface area contributed by atoms with Crippen molar-refractivity contribution in [1.82, 2.24) is 4.90 Å². The molecule has 1 amide bonds. The highest BCUT2D eigenvalue weighted by molar-refractivity contribution is 7.16. The number of carbonyl (C=O) groups is 2. The summed E-state index contributed by atoms with van der Waals surface area (Å²) in [4.78, 5) is 28.8. The summed E-state index contributed by atoms with van der Waals surface area (Å²) in [6, 6.07) is 5.47. The fourth-order valence-electron chi connectivity index (χ4n) is 5.82. The van der Waals surface area contributed by atoms with Gasteiger partial charge < -0.3 is 24.6 Å². The number of aliphatic hydroxyl groups is 1. The zero-order valence-electron chi connectivity index (χ0n) is 21.7. The number of ether oxygens (including phenoxy) is 3. The number of amides is 1. The molecule has 2 aromatic rings. The summed E-state index contributed by atoms with van der Waals surface area (Å²) in [5.41, 5.74) is 1.35. The van der Waals surface area contributed by atoms with Gasteiger partial charge in [-0.15, -0.1) is 11.3 Å². The van der Waals surface area contributed by atoms with Crippen molar-refractivity contribution in [3.63, 3.8) is 0 Å². The smallest absolute Gasteiger partial charge is 0.341 e. The summed E-state index contributed by atoms with van der Waals surface area (Å²) in [7, 11) is 4.60. The van der Waals surface area contributed by atoms with Gasteiger partial charge in [-0.2, -0.15) is 0 Å². The highest BCUT2D eigenvalue weighted by atomic mass is 32.1. The Hall–Kier alpha value is -2.62. The fraction of sp³-hybridized carbons (Fsp3) is 0.556. The van der Waals surface area contributed by atoms with Crippen LogP contribution in [0.2, 0.25) is 0 Å². The molecule has 2 heterocycles. The van der Waals surface area contributed by atoms with E-state index in [9.17, 15) is 14.7 Å². The van der Waals surface area contributed by atoms with E-state index in [2.05, 4.69) is 10.2 Å². The van der Waals surface area contributed by atoms with Crippen LogP contribution in [0.15, 0.2) is 18.2 Å². The predicted octanol–water partition coefficient (Wildman–Crippen LogP) is 4.48. The minimum Gasteiger partial charge on any atom is -0.497 e. The third-order valence-corrected chi connectivity index (χ3v) is 8.92. The average molecular weight is 517 g/mol. The van der Waals surface area contributed by atoms with E-state index < -0.39 is 11.6 Å². The van der Waals surface area contributed by atoms with Crippen LogP contribution in [0.25, 0.3) is 0 Å². The summed E-state index contributed by atoms with van der Waals surface area (Å²) in [5.74, 6) is 0.697. The Kier molecular flexibility index (Phi) is 7.92. The molecule has 0 spiro atoms. The molecular formula is C27H36N2O6S. The van der Waals surface area contributed by atoms with E-state index in [1.54, 1.807) is 14.2 Å². The Balaban J connectivity index is 1.66. The maximum atomic E-state index is 13.3. The van der Waals surface area contributed by atoms with Crippen LogP contribution < -0.4 is 14.8 Å². The van der Waals surface area contributed by atoms with E-state index >= 15 is 0 Å². The van der Waals surface area contributed by atoms with Crippen LogP contribution in [0.4, 0.5) is 5.00 Å². The zero-order chi connectivity index (χ0) is 26.0. The van der Waals surface area contributed by atoms with Gasteiger partial charge in [0.2, 0.25) is 5.91 Å². The molecule has 1 aromatic carbocycles. The van der Waals surface area contributed by atoms with Gasteiger partial charge >= 0.3 is 5.97 Å². The molecule has 0 bridgehead atoms. The summed E-state index contributed by atoms with van der Waals surface area (Å²) in [6.07, 6.45) is 4.28. The molecule has 1 saturated heterocycles. The van der Waals surface area contributed by atoms with Gasteiger partial charge in [-0.1, -0.05) is 12.8 Å². The van der Waals surface area contributed by atoms with Crippen LogP contribution in [0.1, 0.15) is 64.5 Å². The maximum absolute atomic E-state index is 13.3. The number of fused-ring (bicyclic) bond motifs is 1. The Morgan fingerprint density at radius 3 is 2.64 bits per heavy atom. The molecule has 4 rings (SSSR count). The largest absolute Gasteiger partial charge is 0.497 e. The molecule has 1 aliphatic carbocycles. The minimum absolute atomic E-state index is 0.0364. The Bertz CT molecular complexity index is 1130. The van der Waals surface area contributed by atoms with Crippen molar-refractivity contribution in [3.05, 3.63) is 39.8 Å². The topological polar surface area (TPSA) is 97.3 Å². The van der Waals surface area contributed by atoms with Crippen molar-refractivity contribution in [3.8, 4) is 11.5 Å². The molecule has 36 heavy (non-hydrogen) atoms. The molecular weight excluding hydrogens is 480 g/mol.